The molecule has 2 atom stereocenters. The Morgan fingerprint density at radius 3 is 1.67 bits per heavy atom. The molecule has 18 heavy (non-hydrogen) atoms. The van der Waals surface area contributed by atoms with Crippen molar-refractivity contribution in [3.05, 3.63) is 0 Å². The van der Waals surface area contributed by atoms with E-state index in [1.165, 1.54) is 6.42 Å². The summed E-state index contributed by atoms with van der Waals surface area (Å²) in [7, 11) is 0. The minimum atomic E-state index is -0.703. The number of hydrogen-bond acceptors (Lipinski definition) is 4. The molecule has 0 amide bonds. The third-order valence-corrected chi connectivity index (χ3v) is 3.49. The first kappa shape index (κ1) is 15.9. The molecule has 0 radical (unpaired) electrons. The first-order chi connectivity index (χ1) is 8.62. The van der Waals surface area contributed by atoms with E-state index in [0.29, 0.717) is 0 Å². The van der Waals surface area contributed by atoms with Crippen molar-refractivity contribution in [1.29, 1.82) is 0 Å². The lowest BCUT2D eigenvalue weighted by atomic mass is 9.94. The predicted molar refractivity (Wildman–Crippen MR) is 69.7 cm³/mol. The maximum Gasteiger partial charge on any atom is 0.234 e. The molecule has 108 valence electrons. The van der Waals surface area contributed by atoms with Crippen LogP contribution < -0.4 is 0 Å². The maximum atomic E-state index is 5.57. The van der Waals surface area contributed by atoms with Gasteiger partial charge in [-0.25, -0.2) is 9.78 Å². The predicted octanol–water partition coefficient (Wildman–Crippen LogP) is 4.14. The Labute approximate surface area is 111 Å². The third-order valence-electron chi connectivity index (χ3n) is 3.49. The molecular weight excluding hydrogens is 232 g/mol. The van der Waals surface area contributed by atoms with Gasteiger partial charge >= 0.3 is 0 Å². The molecular formula is C14H28O4. The van der Waals surface area contributed by atoms with Crippen LogP contribution in [-0.2, 0) is 19.6 Å². The van der Waals surface area contributed by atoms with E-state index in [2.05, 4.69) is 13.8 Å². The summed E-state index contributed by atoms with van der Waals surface area (Å²) in [4.78, 5) is 21.9. The minimum Gasteiger partial charge on any atom is -0.231 e. The van der Waals surface area contributed by atoms with Gasteiger partial charge in [-0.1, -0.05) is 20.3 Å². The van der Waals surface area contributed by atoms with E-state index in [1.54, 1.807) is 0 Å². The van der Waals surface area contributed by atoms with E-state index < -0.39 is 5.79 Å². The summed E-state index contributed by atoms with van der Waals surface area (Å²) in [5, 5.41) is 0. The maximum absolute atomic E-state index is 5.57. The second kappa shape index (κ2) is 8.10. The van der Waals surface area contributed by atoms with Gasteiger partial charge in [0.2, 0.25) is 5.79 Å². The zero-order chi connectivity index (χ0) is 13.4. The lowest BCUT2D eigenvalue weighted by molar-refractivity contribution is -0.530. The lowest BCUT2D eigenvalue weighted by Crippen LogP contribution is -2.40. The highest BCUT2D eigenvalue weighted by Crippen LogP contribution is 2.34. The monoisotopic (exact) mass is 260 g/mol. The Morgan fingerprint density at radius 2 is 1.28 bits per heavy atom. The lowest BCUT2D eigenvalue weighted by Gasteiger charge is -2.35. The highest BCUT2D eigenvalue weighted by atomic mass is 17.3. The van der Waals surface area contributed by atoms with Crippen molar-refractivity contribution in [1.82, 2.24) is 0 Å². The zero-order valence-electron chi connectivity index (χ0n) is 12.2. The van der Waals surface area contributed by atoms with E-state index in [0.717, 1.165) is 38.5 Å². The fourth-order valence-electron chi connectivity index (χ4n) is 1.75. The molecule has 0 spiro atoms. The van der Waals surface area contributed by atoms with Gasteiger partial charge in [0.05, 0.1) is 12.2 Å². The summed E-state index contributed by atoms with van der Waals surface area (Å²) in [5.41, 5.74) is 0. The molecule has 0 heterocycles. The number of hydrogen-bond donors (Lipinski definition) is 0. The first-order valence-electron chi connectivity index (χ1n) is 7.31. The van der Waals surface area contributed by atoms with Gasteiger partial charge in [0.1, 0.15) is 0 Å². The average molecular weight is 260 g/mol. The van der Waals surface area contributed by atoms with Gasteiger partial charge in [-0.15, -0.1) is 0 Å². The SMILES string of the molecule is CCC(C)OOC1(OOC(C)CC)CCCCC1. The van der Waals surface area contributed by atoms with Crippen LogP contribution in [0.1, 0.15) is 72.6 Å². The first-order valence-corrected chi connectivity index (χ1v) is 7.31. The van der Waals surface area contributed by atoms with Crippen molar-refractivity contribution < 1.29 is 19.6 Å². The van der Waals surface area contributed by atoms with Crippen LogP contribution in [0.2, 0.25) is 0 Å². The van der Waals surface area contributed by atoms with Gasteiger partial charge in [-0.3, -0.25) is 0 Å². The summed E-state index contributed by atoms with van der Waals surface area (Å²) in [6, 6.07) is 0. The highest BCUT2D eigenvalue weighted by molar-refractivity contribution is 4.73. The van der Waals surface area contributed by atoms with Gasteiger partial charge in [-0.2, -0.15) is 9.78 Å². The second-order valence-corrected chi connectivity index (χ2v) is 5.27. The molecule has 1 fully saturated rings. The fourth-order valence-corrected chi connectivity index (χ4v) is 1.75. The molecule has 0 aliphatic heterocycles. The standard InChI is InChI=1S/C14H28O4/c1-5-12(3)15-17-14(10-8-7-9-11-14)18-16-13(4)6-2/h12-13H,5-11H2,1-4H3. The van der Waals surface area contributed by atoms with Crippen LogP contribution in [0.3, 0.4) is 0 Å². The summed E-state index contributed by atoms with van der Waals surface area (Å²) in [6.07, 6.45) is 7.07. The van der Waals surface area contributed by atoms with Gasteiger partial charge in [0, 0.05) is 12.8 Å². The molecule has 0 N–H and O–H groups in total. The van der Waals surface area contributed by atoms with Crippen molar-refractivity contribution in [2.75, 3.05) is 0 Å². The van der Waals surface area contributed by atoms with E-state index >= 15 is 0 Å². The minimum absolute atomic E-state index is 0.0796. The van der Waals surface area contributed by atoms with Gasteiger partial charge in [0.25, 0.3) is 0 Å². The van der Waals surface area contributed by atoms with Crippen LogP contribution in [0.15, 0.2) is 0 Å². The zero-order valence-corrected chi connectivity index (χ0v) is 12.2. The number of rotatable bonds is 8. The Balaban J connectivity index is 2.46. The third kappa shape index (κ3) is 5.22. The van der Waals surface area contributed by atoms with Gasteiger partial charge in [0.15, 0.2) is 0 Å². The Morgan fingerprint density at radius 1 is 0.833 bits per heavy atom. The van der Waals surface area contributed by atoms with Gasteiger partial charge in [-0.05, 0) is 39.5 Å². The molecule has 0 bridgehead atoms. The molecule has 0 aromatic heterocycles. The van der Waals surface area contributed by atoms with Crippen molar-refractivity contribution in [3.8, 4) is 0 Å². The Bertz CT molecular complexity index is 198. The van der Waals surface area contributed by atoms with Crippen LogP contribution in [0.4, 0.5) is 0 Å². The van der Waals surface area contributed by atoms with E-state index in [1.807, 2.05) is 13.8 Å². The smallest absolute Gasteiger partial charge is 0.231 e. The topological polar surface area (TPSA) is 36.9 Å². The molecule has 1 rings (SSSR count). The second-order valence-electron chi connectivity index (χ2n) is 5.27. The summed E-state index contributed by atoms with van der Waals surface area (Å²) >= 11 is 0. The Hall–Kier alpha value is -0.160. The van der Waals surface area contributed by atoms with Crippen LogP contribution in [0, 0.1) is 0 Å². The van der Waals surface area contributed by atoms with E-state index in [9.17, 15) is 0 Å². The van der Waals surface area contributed by atoms with Crippen LogP contribution >= 0.6 is 0 Å². The molecule has 4 heteroatoms. The molecule has 4 nitrogen and oxygen atoms in total. The van der Waals surface area contributed by atoms with Crippen LogP contribution in [-0.4, -0.2) is 18.0 Å². The summed E-state index contributed by atoms with van der Waals surface area (Å²) in [6.45, 7) is 8.12. The molecule has 0 aromatic rings. The summed E-state index contributed by atoms with van der Waals surface area (Å²) in [5.74, 6) is -0.703. The van der Waals surface area contributed by atoms with Crippen molar-refractivity contribution >= 4 is 0 Å². The normalized spacial score (nSPS) is 22.7. The molecule has 1 aliphatic rings. The van der Waals surface area contributed by atoms with Crippen molar-refractivity contribution in [2.45, 2.75) is 90.6 Å². The highest BCUT2D eigenvalue weighted by Gasteiger charge is 2.38. The molecule has 0 saturated heterocycles. The molecule has 0 aromatic carbocycles. The van der Waals surface area contributed by atoms with Crippen LogP contribution in [0.5, 0.6) is 0 Å². The van der Waals surface area contributed by atoms with Crippen molar-refractivity contribution in [3.63, 3.8) is 0 Å². The summed E-state index contributed by atoms with van der Waals surface area (Å²) < 4.78 is 0. The fraction of sp³-hybridized carbons (Fsp3) is 1.00. The molecule has 1 aliphatic carbocycles. The van der Waals surface area contributed by atoms with E-state index in [4.69, 9.17) is 19.6 Å². The molecule has 2 unspecified atom stereocenters. The van der Waals surface area contributed by atoms with Gasteiger partial charge < -0.3 is 0 Å². The van der Waals surface area contributed by atoms with Crippen molar-refractivity contribution in [2.24, 2.45) is 0 Å². The largest absolute Gasteiger partial charge is 0.234 e. The Kier molecular flexibility index (Phi) is 7.15. The average Bonchev–Trinajstić information content (AvgIpc) is 2.43. The van der Waals surface area contributed by atoms with E-state index in [-0.39, 0.29) is 12.2 Å². The quantitative estimate of drug-likeness (QED) is 0.373. The molecule has 1 saturated carbocycles. The van der Waals surface area contributed by atoms with Crippen LogP contribution in [0.25, 0.3) is 0 Å².